The van der Waals surface area contributed by atoms with Gasteiger partial charge < -0.3 is 4.57 Å². The average Bonchev–Trinajstić information content (AvgIpc) is 3.04. The van der Waals surface area contributed by atoms with E-state index in [-0.39, 0.29) is 10.8 Å². The van der Waals surface area contributed by atoms with Gasteiger partial charge in [-0.05, 0) is 44.2 Å². The Kier molecular flexibility index (Phi) is 6.69. The highest BCUT2D eigenvalue weighted by Crippen LogP contribution is 2.29. The van der Waals surface area contributed by atoms with Crippen molar-refractivity contribution in [2.75, 3.05) is 5.75 Å². The summed E-state index contributed by atoms with van der Waals surface area (Å²) in [5.74, 6) is -1.11. The van der Waals surface area contributed by atoms with Gasteiger partial charge in [0.2, 0.25) is 5.91 Å². The van der Waals surface area contributed by atoms with Crippen molar-refractivity contribution >= 4 is 23.6 Å². The lowest BCUT2D eigenvalue weighted by atomic mass is 10.2. The number of rotatable bonds is 5. The summed E-state index contributed by atoms with van der Waals surface area (Å²) < 4.78 is 39.6. The number of amides is 2. The number of hydrogen-bond donors (Lipinski definition) is 2. The first kappa shape index (κ1) is 22.4. The van der Waals surface area contributed by atoms with E-state index >= 15 is 0 Å². The second-order valence-electron chi connectivity index (χ2n) is 6.63. The van der Waals surface area contributed by atoms with Gasteiger partial charge in [0, 0.05) is 23.3 Å². The Morgan fingerprint density at radius 2 is 1.77 bits per heavy atom. The monoisotopic (exact) mass is 448 g/mol. The molecule has 0 spiro atoms. The number of hydrogen-bond acceptors (Lipinski definition) is 4. The molecule has 0 saturated carbocycles. The Bertz CT molecular complexity index is 1080. The van der Waals surface area contributed by atoms with Gasteiger partial charge in [-0.2, -0.15) is 13.2 Å². The standard InChI is InChI=1S/C21H19F3N4O2S/c1-13-10-17(14(2)28(13)16-6-4-3-5-7-16)20(30)27-26-18(29)12-31-19-9-8-15(11-25-19)21(22,23)24/h3-11H,12H2,1-2H3,(H,26,29)(H,27,30). The van der Waals surface area contributed by atoms with Gasteiger partial charge in [-0.3, -0.25) is 20.4 Å². The summed E-state index contributed by atoms with van der Waals surface area (Å²) in [6, 6.07) is 13.4. The molecule has 162 valence electrons. The molecule has 2 aromatic heterocycles. The molecule has 0 unspecified atom stereocenters. The summed E-state index contributed by atoms with van der Waals surface area (Å²) in [5.41, 5.74) is 6.73. The van der Waals surface area contributed by atoms with Gasteiger partial charge in [0.1, 0.15) is 0 Å². The summed E-state index contributed by atoms with van der Waals surface area (Å²) in [6.07, 6.45) is -3.75. The number of carbonyl (C=O) groups excluding carboxylic acids is 2. The van der Waals surface area contributed by atoms with Gasteiger partial charge in [0.15, 0.2) is 0 Å². The van der Waals surface area contributed by atoms with Crippen molar-refractivity contribution < 1.29 is 22.8 Å². The van der Waals surface area contributed by atoms with E-state index in [0.717, 1.165) is 34.9 Å². The molecule has 0 aliphatic carbocycles. The van der Waals surface area contributed by atoms with Gasteiger partial charge >= 0.3 is 6.18 Å². The fourth-order valence-electron chi connectivity index (χ4n) is 2.97. The molecule has 1 aromatic carbocycles. The SMILES string of the molecule is Cc1cc(C(=O)NNC(=O)CSc2ccc(C(F)(F)F)cn2)c(C)n1-c1ccccc1. The molecule has 2 amide bonds. The average molecular weight is 448 g/mol. The number of nitrogens with one attached hydrogen (secondary N) is 2. The van der Waals surface area contributed by atoms with Crippen molar-refractivity contribution in [3.05, 3.63) is 77.2 Å². The molecular formula is C21H19F3N4O2S. The van der Waals surface area contributed by atoms with E-state index in [4.69, 9.17) is 0 Å². The van der Waals surface area contributed by atoms with Gasteiger partial charge in [0.25, 0.3) is 5.91 Å². The highest BCUT2D eigenvalue weighted by Gasteiger charge is 2.30. The maximum Gasteiger partial charge on any atom is 0.417 e. The van der Waals surface area contributed by atoms with Crippen molar-refractivity contribution in [1.29, 1.82) is 0 Å². The van der Waals surface area contributed by atoms with Crippen molar-refractivity contribution in [2.24, 2.45) is 0 Å². The third-order valence-electron chi connectivity index (χ3n) is 4.42. The molecule has 3 aromatic rings. The van der Waals surface area contributed by atoms with Crippen LogP contribution in [0, 0.1) is 13.8 Å². The third-order valence-corrected chi connectivity index (χ3v) is 5.36. The Labute approximate surface area is 180 Å². The molecule has 6 nitrogen and oxygen atoms in total. The molecule has 0 aliphatic rings. The van der Waals surface area contributed by atoms with Crippen LogP contribution in [-0.2, 0) is 11.0 Å². The van der Waals surface area contributed by atoms with Crippen molar-refractivity contribution in [3.8, 4) is 5.69 Å². The zero-order valence-corrected chi connectivity index (χ0v) is 17.5. The molecule has 3 rings (SSSR count). The first-order chi connectivity index (χ1) is 14.7. The number of nitrogens with zero attached hydrogens (tertiary/aromatic N) is 2. The van der Waals surface area contributed by atoms with Gasteiger partial charge in [-0.25, -0.2) is 4.98 Å². The van der Waals surface area contributed by atoms with E-state index in [1.165, 1.54) is 6.07 Å². The van der Waals surface area contributed by atoms with Crippen LogP contribution in [0.15, 0.2) is 59.8 Å². The molecule has 0 radical (unpaired) electrons. The second kappa shape index (κ2) is 9.25. The van der Waals surface area contributed by atoms with Crippen LogP contribution >= 0.6 is 11.8 Å². The van der Waals surface area contributed by atoms with Crippen LogP contribution in [0.2, 0.25) is 0 Å². The minimum absolute atomic E-state index is 0.123. The summed E-state index contributed by atoms with van der Waals surface area (Å²) in [5, 5.41) is 0.265. The lowest BCUT2D eigenvalue weighted by molar-refractivity contribution is -0.137. The van der Waals surface area contributed by atoms with Crippen LogP contribution in [0.5, 0.6) is 0 Å². The number of halogens is 3. The van der Waals surface area contributed by atoms with Crippen LogP contribution < -0.4 is 10.9 Å². The molecule has 0 aliphatic heterocycles. The third kappa shape index (κ3) is 5.46. The maximum absolute atomic E-state index is 12.5. The van der Waals surface area contributed by atoms with Crippen molar-refractivity contribution in [2.45, 2.75) is 25.0 Å². The van der Waals surface area contributed by atoms with Crippen LogP contribution in [-0.4, -0.2) is 27.1 Å². The summed E-state index contributed by atoms with van der Waals surface area (Å²) in [7, 11) is 0. The largest absolute Gasteiger partial charge is 0.417 e. The van der Waals surface area contributed by atoms with E-state index in [2.05, 4.69) is 15.8 Å². The Balaban J connectivity index is 1.56. The maximum atomic E-state index is 12.5. The number of aryl methyl sites for hydroxylation is 1. The number of para-hydroxylation sites is 1. The Morgan fingerprint density at radius 1 is 1.06 bits per heavy atom. The Morgan fingerprint density at radius 3 is 2.39 bits per heavy atom. The number of pyridine rings is 1. The highest BCUT2D eigenvalue weighted by molar-refractivity contribution is 7.99. The lowest BCUT2D eigenvalue weighted by Gasteiger charge is -2.10. The van der Waals surface area contributed by atoms with E-state index in [9.17, 15) is 22.8 Å². The molecule has 0 atom stereocenters. The number of alkyl halides is 3. The second-order valence-corrected chi connectivity index (χ2v) is 7.63. The first-order valence-corrected chi connectivity index (χ1v) is 10.1. The fourth-order valence-corrected chi connectivity index (χ4v) is 3.61. The molecule has 0 fully saturated rings. The van der Waals surface area contributed by atoms with Crippen molar-refractivity contribution in [3.63, 3.8) is 0 Å². The highest BCUT2D eigenvalue weighted by atomic mass is 32.2. The van der Waals surface area contributed by atoms with Gasteiger partial charge in [-0.15, -0.1) is 0 Å². The molecule has 2 heterocycles. The van der Waals surface area contributed by atoms with Crippen molar-refractivity contribution in [1.82, 2.24) is 20.4 Å². The summed E-state index contributed by atoms with van der Waals surface area (Å²) >= 11 is 0.956. The normalized spacial score (nSPS) is 11.3. The molecular weight excluding hydrogens is 429 g/mol. The van der Waals surface area contributed by atoms with E-state index in [0.29, 0.717) is 11.8 Å². The number of hydrazine groups is 1. The van der Waals surface area contributed by atoms with Crippen LogP contribution in [0.4, 0.5) is 13.2 Å². The van der Waals surface area contributed by atoms with Crippen LogP contribution in [0.25, 0.3) is 5.69 Å². The molecule has 10 heteroatoms. The van der Waals surface area contributed by atoms with E-state index < -0.39 is 23.6 Å². The van der Waals surface area contributed by atoms with E-state index in [1.54, 1.807) is 6.07 Å². The quantitative estimate of drug-likeness (QED) is 0.456. The van der Waals surface area contributed by atoms with Gasteiger partial charge in [-0.1, -0.05) is 30.0 Å². The zero-order chi connectivity index (χ0) is 22.6. The van der Waals surface area contributed by atoms with Gasteiger partial charge in [0.05, 0.1) is 21.9 Å². The summed E-state index contributed by atoms with van der Waals surface area (Å²) in [4.78, 5) is 28.2. The minimum Gasteiger partial charge on any atom is -0.318 e. The first-order valence-electron chi connectivity index (χ1n) is 9.16. The summed E-state index contributed by atoms with van der Waals surface area (Å²) in [6.45, 7) is 3.69. The predicted octanol–water partition coefficient (Wildman–Crippen LogP) is 4.06. The number of carbonyl (C=O) groups is 2. The molecule has 31 heavy (non-hydrogen) atoms. The lowest BCUT2D eigenvalue weighted by Crippen LogP contribution is -2.42. The fraction of sp³-hybridized carbons (Fsp3) is 0.190. The molecule has 0 saturated heterocycles. The number of aromatic nitrogens is 2. The van der Waals surface area contributed by atoms with Crippen LogP contribution in [0.3, 0.4) is 0 Å². The Hall–Kier alpha value is -3.27. The smallest absolute Gasteiger partial charge is 0.318 e. The zero-order valence-electron chi connectivity index (χ0n) is 16.7. The van der Waals surface area contributed by atoms with E-state index in [1.807, 2.05) is 48.7 Å². The predicted molar refractivity (Wildman–Crippen MR) is 111 cm³/mol. The molecule has 2 N–H and O–H groups in total. The van der Waals surface area contributed by atoms with Crippen LogP contribution in [0.1, 0.15) is 27.3 Å². The topological polar surface area (TPSA) is 76.0 Å². The molecule has 0 bridgehead atoms. The number of thioether (sulfide) groups is 1. The minimum atomic E-state index is -4.46. The number of benzene rings is 1.